The summed E-state index contributed by atoms with van der Waals surface area (Å²) in [4.78, 5) is 32.7. The van der Waals surface area contributed by atoms with Crippen LogP contribution in [0.2, 0.25) is 0 Å². The van der Waals surface area contributed by atoms with E-state index in [9.17, 15) is 9.59 Å². The number of amides is 2. The zero-order chi connectivity index (χ0) is 26.4. The first-order valence-electron chi connectivity index (χ1n) is 12.1. The average molecular weight is 501 g/mol. The number of ether oxygens (including phenoxy) is 2. The van der Waals surface area contributed by atoms with Crippen LogP contribution < -0.4 is 14.8 Å². The Labute approximate surface area is 216 Å². The SMILES string of the molecule is COc1cc(C(=O)N(C)C(CCNC(=O)c2cccn2C)Cc2ccccc2)c2ncccc2c1OC. The summed E-state index contributed by atoms with van der Waals surface area (Å²) in [6.07, 6.45) is 4.71. The molecule has 1 N–H and O–H groups in total. The largest absolute Gasteiger partial charge is 0.493 e. The second-order valence-electron chi connectivity index (χ2n) is 8.87. The molecule has 4 aromatic rings. The number of hydrogen-bond acceptors (Lipinski definition) is 5. The van der Waals surface area contributed by atoms with E-state index >= 15 is 0 Å². The van der Waals surface area contributed by atoms with Gasteiger partial charge in [0.1, 0.15) is 5.69 Å². The van der Waals surface area contributed by atoms with E-state index in [1.54, 1.807) is 55.1 Å². The number of aromatic nitrogens is 2. The number of carbonyl (C=O) groups is 2. The highest BCUT2D eigenvalue weighted by Crippen LogP contribution is 2.37. The maximum absolute atomic E-state index is 13.9. The van der Waals surface area contributed by atoms with Crippen molar-refractivity contribution >= 4 is 22.7 Å². The van der Waals surface area contributed by atoms with Crippen LogP contribution >= 0.6 is 0 Å². The Morgan fingerprint density at radius 2 is 1.84 bits per heavy atom. The van der Waals surface area contributed by atoms with Crippen molar-refractivity contribution in [1.82, 2.24) is 19.8 Å². The fourth-order valence-corrected chi connectivity index (χ4v) is 4.54. The monoisotopic (exact) mass is 500 g/mol. The minimum atomic E-state index is -0.181. The summed E-state index contributed by atoms with van der Waals surface area (Å²) >= 11 is 0. The molecule has 4 rings (SSSR count). The van der Waals surface area contributed by atoms with Crippen LogP contribution in [0, 0.1) is 0 Å². The average Bonchev–Trinajstić information content (AvgIpc) is 3.37. The number of aryl methyl sites for hydroxylation is 1. The molecule has 0 saturated heterocycles. The number of fused-ring (bicyclic) bond motifs is 1. The topological polar surface area (TPSA) is 85.7 Å². The summed E-state index contributed by atoms with van der Waals surface area (Å²) in [7, 11) is 6.74. The van der Waals surface area contributed by atoms with Crippen molar-refractivity contribution in [3.8, 4) is 11.5 Å². The van der Waals surface area contributed by atoms with Gasteiger partial charge < -0.3 is 24.3 Å². The minimum absolute atomic E-state index is 0.143. The molecule has 37 heavy (non-hydrogen) atoms. The van der Waals surface area contributed by atoms with Crippen molar-refractivity contribution in [3.05, 3.63) is 89.9 Å². The standard InChI is InChI=1S/C29H32N4O4/c1-32-17-9-13-24(32)28(34)31-16-14-21(18-20-10-6-5-7-11-20)33(2)29(35)23-19-25(36-3)27(37-4)22-12-8-15-30-26(22)23/h5-13,15,17,19,21H,14,16,18H2,1-4H3,(H,31,34). The number of nitrogens with one attached hydrogen (secondary N) is 1. The zero-order valence-corrected chi connectivity index (χ0v) is 21.6. The molecular formula is C29H32N4O4. The summed E-state index contributed by atoms with van der Waals surface area (Å²) in [5.41, 5.74) is 2.68. The van der Waals surface area contributed by atoms with Gasteiger partial charge >= 0.3 is 0 Å². The molecule has 0 spiro atoms. The van der Waals surface area contributed by atoms with Gasteiger partial charge in [-0.15, -0.1) is 0 Å². The highest BCUT2D eigenvalue weighted by atomic mass is 16.5. The van der Waals surface area contributed by atoms with Crippen molar-refractivity contribution in [2.75, 3.05) is 27.8 Å². The Morgan fingerprint density at radius 1 is 1.05 bits per heavy atom. The fraction of sp³-hybridized carbons (Fsp3) is 0.276. The van der Waals surface area contributed by atoms with E-state index in [-0.39, 0.29) is 17.9 Å². The highest BCUT2D eigenvalue weighted by molar-refractivity contribution is 6.08. The van der Waals surface area contributed by atoms with Gasteiger partial charge in [0.25, 0.3) is 11.8 Å². The molecule has 0 fully saturated rings. The van der Waals surface area contributed by atoms with Gasteiger partial charge in [0.2, 0.25) is 0 Å². The van der Waals surface area contributed by atoms with E-state index < -0.39 is 0 Å². The number of likely N-dealkylation sites (N-methyl/N-ethyl adjacent to an activating group) is 1. The number of hydrogen-bond donors (Lipinski definition) is 1. The van der Waals surface area contributed by atoms with Gasteiger partial charge in [-0.1, -0.05) is 30.3 Å². The summed E-state index contributed by atoms with van der Waals surface area (Å²) in [5.74, 6) is 0.678. The highest BCUT2D eigenvalue weighted by Gasteiger charge is 2.26. The number of nitrogens with zero attached hydrogens (tertiary/aromatic N) is 3. The summed E-state index contributed by atoms with van der Waals surface area (Å²) < 4.78 is 12.9. The first-order chi connectivity index (χ1) is 17.9. The summed E-state index contributed by atoms with van der Waals surface area (Å²) in [6.45, 7) is 0.421. The van der Waals surface area contributed by atoms with Gasteiger partial charge in [0.15, 0.2) is 11.5 Å². The molecule has 0 aliphatic carbocycles. The van der Waals surface area contributed by atoms with Gasteiger partial charge in [-0.05, 0) is 48.7 Å². The molecule has 8 nitrogen and oxygen atoms in total. The molecule has 1 atom stereocenters. The number of pyridine rings is 1. The second-order valence-corrected chi connectivity index (χ2v) is 8.87. The molecule has 0 bridgehead atoms. The predicted molar refractivity (Wildman–Crippen MR) is 143 cm³/mol. The van der Waals surface area contributed by atoms with Gasteiger partial charge in [-0.25, -0.2) is 0 Å². The fourth-order valence-electron chi connectivity index (χ4n) is 4.54. The molecule has 192 valence electrons. The first-order valence-corrected chi connectivity index (χ1v) is 12.1. The van der Waals surface area contributed by atoms with E-state index in [4.69, 9.17) is 9.47 Å². The number of benzene rings is 2. The van der Waals surface area contributed by atoms with Gasteiger partial charge in [0, 0.05) is 44.5 Å². The van der Waals surface area contributed by atoms with Gasteiger partial charge in [0.05, 0.1) is 25.3 Å². The molecule has 0 saturated carbocycles. The van der Waals surface area contributed by atoms with Crippen LogP contribution in [0.25, 0.3) is 10.9 Å². The van der Waals surface area contributed by atoms with Crippen molar-refractivity contribution in [2.24, 2.45) is 7.05 Å². The Hall–Kier alpha value is -4.33. The lowest BCUT2D eigenvalue weighted by molar-refractivity contribution is 0.0724. The zero-order valence-electron chi connectivity index (χ0n) is 21.6. The van der Waals surface area contributed by atoms with Crippen molar-refractivity contribution in [2.45, 2.75) is 18.9 Å². The lowest BCUT2D eigenvalue weighted by atomic mass is 10.00. The third-order valence-corrected chi connectivity index (χ3v) is 6.58. The maximum atomic E-state index is 13.9. The van der Waals surface area contributed by atoms with Crippen LogP contribution in [-0.2, 0) is 13.5 Å². The molecular weight excluding hydrogens is 468 g/mol. The van der Waals surface area contributed by atoms with Crippen LogP contribution in [-0.4, -0.2) is 60.1 Å². The molecule has 2 aromatic heterocycles. The van der Waals surface area contributed by atoms with Crippen LogP contribution in [0.15, 0.2) is 73.1 Å². The third-order valence-electron chi connectivity index (χ3n) is 6.58. The quantitative estimate of drug-likeness (QED) is 0.355. The molecule has 0 aliphatic heterocycles. The number of methoxy groups -OCH3 is 2. The van der Waals surface area contributed by atoms with E-state index in [0.29, 0.717) is 53.0 Å². The van der Waals surface area contributed by atoms with Crippen molar-refractivity contribution in [3.63, 3.8) is 0 Å². The lowest BCUT2D eigenvalue weighted by Gasteiger charge is -2.29. The van der Waals surface area contributed by atoms with Crippen LogP contribution in [0.3, 0.4) is 0 Å². The molecule has 2 amide bonds. The number of rotatable bonds is 10. The molecule has 2 heterocycles. The van der Waals surface area contributed by atoms with E-state index in [1.165, 1.54) is 0 Å². The maximum Gasteiger partial charge on any atom is 0.267 e. The van der Waals surface area contributed by atoms with Gasteiger partial charge in [-0.3, -0.25) is 14.6 Å². The van der Waals surface area contributed by atoms with Crippen LogP contribution in [0.4, 0.5) is 0 Å². The Bertz CT molecular complexity index is 1380. The van der Waals surface area contributed by atoms with Crippen LogP contribution in [0.1, 0.15) is 32.8 Å². The molecule has 2 aromatic carbocycles. The summed E-state index contributed by atoms with van der Waals surface area (Å²) in [6, 6.07) is 18.8. The molecule has 0 aliphatic rings. The van der Waals surface area contributed by atoms with E-state index in [0.717, 1.165) is 5.56 Å². The summed E-state index contributed by atoms with van der Waals surface area (Å²) in [5, 5.41) is 3.70. The van der Waals surface area contributed by atoms with E-state index in [2.05, 4.69) is 10.3 Å². The van der Waals surface area contributed by atoms with Crippen LogP contribution in [0.5, 0.6) is 11.5 Å². The third kappa shape index (κ3) is 5.58. The second kappa shape index (κ2) is 11.6. The van der Waals surface area contributed by atoms with Crippen molar-refractivity contribution < 1.29 is 19.1 Å². The predicted octanol–water partition coefficient (Wildman–Crippen LogP) is 4.09. The van der Waals surface area contributed by atoms with Crippen molar-refractivity contribution in [1.29, 1.82) is 0 Å². The minimum Gasteiger partial charge on any atom is -0.493 e. The Kier molecular flexibility index (Phi) is 8.08. The Balaban J connectivity index is 1.61. The normalized spacial score (nSPS) is 11.7. The Morgan fingerprint density at radius 3 is 2.51 bits per heavy atom. The first kappa shape index (κ1) is 25.8. The molecule has 8 heteroatoms. The smallest absolute Gasteiger partial charge is 0.267 e. The number of carbonyl (C=O) groups excluding carboxylic acids is 2. The lowest BCUT2D eigenvalue weighted by Crippen LogP contribution is -2.41. The van der Waals surface area contributed by atoms with E-state index in [1.807, 2.05) is 55.7 Å². The molecule has 0 radical (unpaired) electrons. The molecule has 1 unspecified atom stereocenters. The van der Waals surface area contributed by atoms with Gasteiger partial charge in [-0.2, -0.15) is 0 Å².